The van der Waals surface area contributed by atoms with Crippen molar-refractivity contribution in [1.29, 1.82) is 0 Å². The Morgan fingerprint density at radius 3 is 2.67 bits per heavy atom. The second kappa shape index (κ2) is 4.26. The average molecular weight is 223 g/mol. The van der Waals surface area contributed by atoms with E-state index >= 15 is 0 Å². The second-order valence-corrected chi connectivity index (χ2v) is 6.15. The highest BCUT2D eigenvalue weighted by Crippen LogP contribution is 2.31. The highest BCUT2D eigenvalue weighted by molar-refractivity contribution is 7.10. The molecular weight excluding hydrogens is 202 g/mol. The van der Waals surface area contributed by atoms with E-state index in [0.29, 0.717) is 6.04 Å². The number of hydrogen-bond donors (Lipinski definition) is 0. The first kappa shape index (κ1) is 11.2. The molecule has 2 heteroatoms. The van der Waals surface area contributed by atoms with E-state index in [4.69, 9.17) is 0 Å². The van der Waals surface area contributed by atoms with Crippen molar-refractivity contribution in [1.82, 2.24) is 4.90 Å². The van der Waals surface area contributed by atoms with Crippen molar-refractivity contribution < 1.29 is 0 Å². The maximum Gasteiger partial charge on any atom is 0.0336 e. The zero-order valence-corrected chi connectivity index (χ0v) is 11.0. The fourth-order valence-electron chi connectivity index (χ4n) is 2.50. The summed E-state index contributed by atoms with van der Waals surface area (Å²) < 4.78 is 0. The van der Waals surface area contributed by atoms with Crippen LogP contribution in [0.2, 0.25) is 0 Å². The molecule has 2 heterocycles. The van der Waals surface area contributed by atoms with Crippen molar-refractivity contribution in [3.8, 4) is 0 Å². The summed E-state index contributed by atoms with van der Waals surface area (Å²) in [6, 6.07) is 3.70. The molecule has 0 amide bonds. The Morgan fingerprint density at radius 2 is 2.07 bits per heavy atom. The molecule has 0 aromatic carbocycles. The Balaban J connectivity index is 2.25. The topological polar surface area (TPSA) is 3.24 Å². The van der Waals surface area contributed by atoms with Gasteiger partial charge in [0.2, 0.25) is 0 Å². The van der Waals surface area contributed by atoms with Crippen LogP contribution in [-0.2, 0) is 13.0 Å². The molecule has 1 aliphatic heterocycles. The van der Waals surface area contributed by atoms with Crippen LogP contribution in [0.4, 0.5) is 0 Å². The van der Waals surface area contributed by atoms with Gasteiger partial charge in [-0.3, -0.25) is 4.90 Å². The Hall–Kier alpha value is -0.340. The smallest absolute Gasteiger partial charge is 0.0336 e. The molecule has 0 spiro atoms. The fourth-order valence-corrected chi connectivity index (χ4v) is 3.42. The lowest BCUT2D eigenvalue weighted by atomic mass is 9.91. The van der Waals surface area contributed by atoms with E-state index in [2.05, 4.69) is 44.0 Å². The van der Waals surface area contributed by atoms with E-state index < -0.39 is 0 Å². The van der Waals surface area contributed by atoms with Gasteiger partial charge in [0.1, 0.15) is 0 Å². The highest BCUT2D eigenvalue weighted by atomic mass is 32.1. The van der Waals surface area contributed by atoms with Crippen LogP contribution in [-0.4, -0.2) is 17.0 Å². The summed E-state index contributed by atoms with van der Waals surface area (Å²) in [5.41, 5.74) is 1.59. The summed E-state index contributed by atoms with van der Waals surface area (Å²) >= 11 is 1.92. The summed E-state index contributed by atoms with van der Waals surface area (Å²) in [6.45, 7) is 10.5. The molecule has 1 aromatic heterocycles. The summed E-state index contributed by atoms with van der Waals surface area (Å²) in [7, 11) is 0. The fraction of sp³-hybridized carbons (Fsp3) is 0.692. The molecule has 84 valence electrons. The number of nitrogens with zero attached hydrogens (tertiary/aromatic N) is 1. The molecule has 0 bridgehead atoms. The number of hydrogen-bond acceptors (Lipinski definition) is 2. The van der Waals surface area contributed by atoms with Crippen LogP contribution in [0.1, 0.15) is 38.1 Å². The molecule has 15 heavy (non-hydrogen) atoms. The first-order valence-electron chi connectivity index (χ1n) is 5.90. The summed E-state index contributed by atoms with van der Waals surface area (Å²) in [5.74, 6) is 0.750. The molecule has 2 rings (SSSR count). The van der Waals surface area contributed by atoms with Gasteiger partial charge in [0.25, 0.3) is 0 Å². The van der Waals surface area contributed by atoms with E-state index in [-0.39, 0.29) is 0 Å². The van der Waals surface area contributed by atoms with E-state index in [1.165, 1.54) is 6.42 Å². The molecule has 1 aliphatic rings. The van der Waals surface area contributed by atoms with Gasteiger partial charge in [-0.05, 0) is 43.2 Å². The van der Waals surface area contributed by atoms with Gasteiger partial charge in [-0.1, -0.05) is 13.8 Å². The Morgan fingerprint density at radius 1 is 1.33 bits per heavy atom. The SMILES string of the molecule is CC(C)[C@@H]1Cc2ccsc2CN1C(C)C. The lowest BCUT2D eigenvalue weighted by Gasteiger charge is -2.40. The van der Waals surface area contributed by atoms with Crippen LogP contribution in [0.15, 0.2) is 11.4 Å². The van der Waals surface area contributed by atoms with Gasteiger partial charge in [0.15, 0.2) is 0 Å². The van der Waals surface area contributed by atoms with Crippen molar-refractivity contribution in [3.05, 3.63) is 21.9 Å². The van der Waals surface area contributed by atoms with Crippen molar-refractivity contribution in [2.24, 2.45) is 5.92 Å². The molecule has 0 saturated heterocycles. The van der Waals surface area contributed by atoms with Crippen molar-refractivity contribution >= 4 is 11.3 Å². The van der Waals surface area contributed by atoms with E-state index in [1.807, 2.05) is 11.3 Å². The van der Waals surface area contributed by atoms with E-state index in [1.54, 1.807) is 10.4 Å². The van der Waals surface area contributed by atoms with Crippen LogP contribution in [0.5, 0.6) is 0 Å². The third kappa shape index (κ3) is 2.11. The van der Waals surface area contributed by atoms with Gasteiger partial charge in [-0.25, -0.2) is 0 Å². The molecule has 1 atom stereocenters. The quantitative estimate of drug-likeness (QED) is 0.741. The summed E-state index contributed by atoms with van der Waals surface area (Å²) in [5, 5.41) is 2.24. The van der Waals surface area contributed by atoms with Crippen LogP contribution >= 0.6 is 11.3 Å². The van der Waals surface area contributed by atoms with Gasteiger partial charge < -0.3 is 0 Å². The van der Waals surface area contributed by atoms with Crippen molar-refractivity contribution in [3.63, 3.8) is 0 Å². The molecule has 0 aliphatic carbocycles. The van der Waals surface area contributed by atoms with Gasteiger partial charge in [0.05, 0.1) is 0 Å². The number of rotatable bonds is 2. The normalized spacial score (nSPS) is 22.4. The average Bonchev–Trinajstić information content (AvgIpc) is 2.61. The van der Waals surface area contributed by atoms with E-state index in [9.17, 15) is 0 Å². The zero-order valence-electron chi connectivity index (χ0n) is 10.2. The molecule has 1 nitrogen and oxygen atoms in total. The van der Waals surface area contributed by atoms with Gasteiger partial charge >= 0.3 is 0 Å². The Labute approximate surface area is 97.1 Å². The first-order chi connectivity index (χ1) is 7.09. The predicted molar refractivity (Wildman–Crippen MR) is 67.3 cm³/mol. The molecule has 0 fully saturated rings. The number of thiophene rings is 1. The minimum Gasteiger partial charge on any atom is -0.292 e. The largest absolute Gasteiger partial charge is 0.292 e. The van der Waals surface area contributed by atoms with Crippen LogP contribution in [0.25, 0.3) is 0 Å². The predicted octanol–water partition coefficient (Wildman–Crippen LogP) is 3.54. The molecule has 0 radical (unpaired) electrons. The monoisotopic (exact) mass is 223 g/mol. The third-order valence-electron chi connectivity index (χ3n) is 3.45. The van der Waals surface area contributed by atoms with Crippen molar-refractivity contribution in [2.45, 2.75) is 52.7 Å². The van der Waals surface area contributed by atoms with Gasteiger partial charge in [-0.2, -0.15) is 0 Å². The lowest BCUT2D eigenvalue weighted by molar-refractivity contribution is 0.0992. The lowest BCUT2D eigenvalue weighted by Crippen LogP contribution is -2.46. The molecule has 1 aromatic rings. The van der Waals surface area contributed by atoms with Crippen molar-refractivity contribution in [2.75, 3.05) is 0 Å². The second-order valence-electron chi connectivity index (χ2n) is 5.15. The minimum absolute atomic E-state index is 0.660. The Bertz CT molecular complexity index is 297. The van der Waals surface area contributed by atoms with E-state index in [0.717, 1.165) is 18.5 Å². The highest BCUT2D eigenvalue weighted by Gasteiger charge is 2.30. The molecule has 0 saturated carbocycles. The standard InChI is InChI=1S/C13H21NS/c1-9(2)12-7-11-5-6-15-13(11)8-14(12)10(3)4/h5-6,9-10,12H,7-8H2,1-4H3/t12-/m0/s1. The maximum atomic E-state index is 2.66. The molecular formula is C13H21NS. The number of fused-ring (bicyclic) bond motifs is 1. The molecule has 0 N–H and O–H groups in total. The maximum absolute atomic E-state index is 2.66. The molecule has 0 unspecified atom stereocenters. The summed E-state index contributed by atoms with van der Waals surface area (Å²) in [6.07, 6.45) is 1.24. The van der Waals surface area contributed by atoms with Crippen LogP contribution in [0.3, 0.4) is 0 Å². The third-order valence-corrected chi connectivity index (χ3v) is 4.40. The van der Waals surface area contributed by atoms with Crippen LogP contribution in [0, 0.1) is 5.92 Å². The van der Waals surface area contributed by atoms with Gasteiger partial charge in [0, 0.05) is 23.5 Å². The van der Waals surface area contributed by atoms with Crippen LogP contribution < -0.4 is 0 Å². The zero-order chi connectivity index (χ0) is 11.0. The minimum atomic E-state index is 0.660. The first-order valence-corrected chi connectivity index (χ1v) is 6.78. The Kier molecular flexibility index (Phi) is 3.17. The summed E-state index contributed by atoms with van der Waals surface area (Å²) in [4.78, 5) is 4.24. The van der Waals surface area contributed by atoms with Gasteiger partial charge in [-0.15, -0.1) is 11.3 Å².